The van der Waals surface area contributed by atoms with Crippen molar-refractivity contribution >= 4 is 0 Å². The largest absolute Gasteiger partial charge is 4.00 e. The monoisotopic (exact) mass is 510 g/mol. The molecule has 2 rings (SSSR count). The van der Waals surface area contributed by atoms with Gasteiger partial charge in [-0.1, -0.05) is 12.1 Å². The molecule has 0 aliphatic carbocycles. The van der Waals surface area contributed by atoms with E-state index < -0.39 is 0 Å². The van der Waals surface area contributed by atoms with Crippen molar-refractivity contribution in [2.45, 2.75) is 13.1 Å². The van der Waals surface area contributed by atoms with Crippen molar-refractivity contribution in [3.63, 3.8) is 0 Å². The molecule has 0 saturated heterocycles. The fourth-order valence-electron chi connectivity index (χ4n) is 1.39. The minimum absolute atomic E-state index is 0. The third kappa shape index (κ3) is 12.0. The van der Waals surface area contributed by atoms with Crippen LogP contribution in [0.2, 0.25) is 0 Å². The second-order valence-corrected chi connectivity index (χ2v) is 3.51. The van der Waals surface area contributed by atoms with Crippen LogP contribution in [0.1, 0.15) is 11.1 Å². The Morgan fingerprint density at radius 3 is 1.08 bits per heavy atom. The summed E-state index contributed by atoms with van der Waals surface area (Å²) in [4.78, 5) is 8.60. The van der Waals surface area contributed by atoms with Crippen LogP contribution in [-0.2, 0) is 32.9 Å². The van der Waals surface area contributed by atoms with E-state index in [1.54, 1.807) is 12.4 Å². The molecule has 0 bridgehead atoms. The van der Waals surface area contributed by atoms with Gasteiger partial charge in [-0.3, -0.25) is 9.97 Å². The number of nitrogens with two attached hydrogens (primary N) is 2. The van der Waals surface area contributed by atoms with Crippen LogP contribution >= 0.6 is 0 Å². The van der Waals surface area contributed by atoms with E-state index >= 15 is 0 Å². The van der Waals surface area contributed by atoms with E-state index in [9.17, 15) is 0 Å². The third-order valence-corrected chi connectivity index (χ3v) is 2.38. The zero-order valence-electron chi connectivity index (χ0n) is 13.1. The van der Waals surface area contributed by atoms with Crippen LogP contribution in [0.5, 0.6) is 0 Å². The molecule has 9 heteroatoms. The van der Waals surface area contributed by atoms with Gasteiger partial charge in [0.15, 0.2) is 0 Å². The van der Waals surface area contributed by atoms with Crippen LogP contribution < -0.4 is 11.5 Å². The molecule has 126 valence electrons. The molecule has 0 amide bonds. The first-order valence-corrected chi connectivity index (χ1v) is 6.03. The molecule has 0 spiro atoms. The Bertz CT molecular complexity index is 545. The Morgan fingerprint density at radius 2 is 0.920 bits per heavy atom. The topological polar surface area (TPSA) is 173 Å². The van der Waals surface area contributed by atoms with Gasteiger partial charge in [0.2, 0.25) is 0 Å². The summed E-state index contributed by atoms with van der Waals surface area (Å²) in [6, 6.07) is 7.76. The Kier molecular flexibility index (Phi) is 27.5. The van der Waals surface area contributed by atoms with Gasteiger partial charge in [-0.2, -0.15) is 0 Å². The van der Waals surface area contributed by atoms with Crippen molar-refractivity contribution in [1.82, 2.24) is 9.97 Å². The minimum Gasteiger partial charge on any atom is -0.512 e. The molecular weight excluding hydrogens is 494 g/mol. The molecule has 0 aliphatic rings. The SMILES string of the molecule is NCc1ccc(-c2ccc(CN)cn2)nc1.[C-]#N.[C-]#N.[C-]#N.[C-]#N.[Os+4]. The number of hydrogen-bond acceptors (Lipinski definition) is 8. The van der Waals surface area contributed by atoms with Gasteiger partial charge in [0, 0.05) is 25.5 Å². The fourth-order valence-corrected chi connectivity index (χ4v) is 1.39. The zero-order chi connectivity index (χ0) is 19.4. The maximum Gasteiger partial charge on any atom is 4.00 e. The predicted octanol–water partition coefficient (Wildman–Crippen LogP) is 1.44. The van der Waals surface area contributed by atoms with E-state index in [2.05, 4.69) is 9.97 Å². The molecule has 0 unspecified atom stereocenters. The number of nitrogens with zero attached hydrogens (tertiary/aromatic N) is 6. The third-order valence-electron chi connectivity index (χ3n) is 2.38. The maximum absolute atomic E-state index is 6.25. The number of rotatable bonds is 3. The van der Waals surface area contributed by atoms with Crippen molar-refractivity contribution in [1.29, 1.82) is 21.0 Å². The molecule has 0 radical (unpaired) electrons. The summed E-state index contributed by atoms with van der Waals surface area (Å²) in [5.74, 6) is 0. The predicted molar refractivity (Wildman–Crippen MR) is 83.1 cm³/mol. The average molecular weight is 509 g/mol. The van der Waals surface area contributed by atoms with Gasteiger partial charge >= 0.3 is 19.8 Å². The normalized spacial score (nSPS) is 6.96. The van der Waals surface area contributed by atoms with Crippen LogP contribution in [-0.4, -0.2) is 9.97 Å². The first-order chi connectivity index (χ1) is 11.8. The molecule has 0 aliphatic heterocycles. The summed E-state index contributed by atoms with van der Waals surface area (Å²) in [6.45, 7) is 20.0. The second-order valence-electron chi connectivity index (χ2n) is 3.51. The molecular formula is C16H14N8Os. The fraction of sp³-hybridized carbons (Fsp3) is 0.125. The molecule has 0 atom stereocenters. The zero-order valence-corrected chi connectivity index (χ0v) is 15.6. The van der Waals surface area contributed by atoms with Gasteiger partial charge in [0.25, 0.3) is 0 Å². The van der Waals surface area contributed by atoms with Crippen molar-refractivity contribution in [3.05, 3.63) is 74.1 Å². The molecule has 8 nitrogen and oxygen atoms in total. The standard InChI is InChI=1S/C12H14N4.4CN.Os/c13-5-9-1-3-11(15-7-9)12-4-2-10(6-14)8-16-12;4*1-2;/h1-4,7-8H,5-6,13-14H2;;;;;/q;4*-1;+4. The molecule has 25 heavy (non-hydrogen) atoms. The Balaban J connectivity index is -0.000000217. The minimum atomic E-state index is 0. The average Bonchev–Trinajstić information content (AvgIpc) is 2.74. The van der Waals surface area contributed by atoms with Crippen LogP contribution in [0.4, 0.5) is 0 Å². The number of hydrogen-bond donors (Lipinski definition) is 2. The Morgan fingerprint density at radius 1 is 0.640 bits per heavy atom. The van der Waals surface area contributed by atoms with Gasteiger partial charge in [0.05, 0.1) is 11.4 Å². The van der Waals surface area contributed by atoms with Gasteiger partial charge in [0.1, 0.15) is 0 Å². The van der Waals surface area contributed by atoms with E-state index in [-0.39, 0.29) is 19.8 Å². The summed E-state index contributed by atoms with van der Waals surface area (Å²) >= 11 is 0. The maximum atomic E-state index is 6.25. The summed E-state index contributed by atoms with van der Waals surface area (Å²) in [7, 11) is 0. The van der Waals surface area contributed by atoms with Gasteiger partial charge in [-0.05, 0) is 23.3 Å². The van der Waals surface area contributed by atoms with Crippen LogP contribution in [0.25, 0.3) is 11.4 Å². The van der Waals surface area contributed by atoms with E-state index in [1.165, 1.54) is 0 Å². The molecule has 0 fully saturated rings. The molecule has 0 aromatic carbocycles. The Hall–Kier alpha value is -3.18. The Labute approximate surface area is 161 Å². The first kappa shape index (κ1) is 29.8. The van der Waals surface area contributed by atoms with E-state index in [4.69, 9.17) is 58.8 Å². The van der Waals surface area contributed by atoms with Crippen LogP contribution in [0, 0.1) is 47.3 Å². The van der Waals surface area contributed by atoms with Crippen molar-refractivity contribution in [2.24, 2.45) is 11.5 Å². The van der Waals surface area contributed by atoms with Crippen LogP contribution in [0.3, 0.4) is 0 Å². The quantitative estimate of drug-likeness (QED) is 0.586. The summed E-state index contributed by atoms with van der Waals surface area (Å²) in [5, 5.41) is 25.0. The van der Waals surface area contributed by atoms with Gasteiger partial charge < -0.3 is 58.8 Å². The molecule has 0 saturated carbocycles. The molecule has 4 N–H and O–H groups in total. The summed E-state index contributed by atoms with van der Waals surface area (Å²) in [5.41, 5.74) is 14.7. The first-order valence-electron chi connectivity index (χ1n) is 6.03. The smallest absolute Gasteiger partial charge is 0.512 e. The van der Waals surface area contributed by atoms with E-state index in [1.807, 2.05) is 24.3 Å². The van der Waals surface area contributed by atoms with E-state index in [0.29, 0.717) is 13.1 Å². The summed E-state index contributed by atoms with van der Waals surface area (Å²) < 4.78 is 0. The summed E-state index contributed by atoms with van der Waals surface area (Å²) in [6.07, 6.45) is 3.54. The molecule has 2 aromatic rings. The number of aromatic nitrogens is 2. The molecule has 2 heterocycles. The van der Waals surface area contributed by atoms with Gasteiger partial charge in [-0.25, -0.2) is 0 Å². The number of pyridine rings is 2. The second kappa shape index (κ2) is 23.1. The molecule has 2 aromatic heterocycles. The van der Waals surface area contributed by atoms with Crippen molar-refractivity contribution in [2.75, 3.05) is 0 Å². The van der Waals surface area contributed by atoms with Gasteiger partial charge in [-0.15, -0.1) is 0 Å². The van der Waals surface area contributed by atoms with Crippen molar-refractivity contribution in [3.8, 4) is 11.4 Å². The van der Waals surface area contributed by atoms with Crippen molar-refractivity contribution < 1.29 is 19.8 Å². The van der Waals surface area contributed by atoms with E-state index in [0.717, 1.165) is 22.5 Å². The van der Waals surface area contributed by atoms with Crippen LogP contribution in [0.15, 0.2) is 36.7 Å².